The molecule has 38 heavy (non-hydrogen) atoms. The molecule has 1 aromatic carbocycles. The molecule has 7 heteroatoms. The van der Waals surface area contributed by atoms with Gasteiger partial charge in [0, 0.05) is 29.5 Å². The molecule has 2 saturated carbocycles. The summed E-state index contributed by atoms with van der Waals surface area (Å²) in [4.78, 5) is 13.6. The van der Waals surface area contributed by atoms with Gasteiger partial charge in [0.05, 0.1) is 10.5 Å². The van der Waals surface area contributed by atoms with Gasteiger partial charge in [0.2, 0.25) is 10.0 Å². The Balaban J connectivity index is 1.80. The van der Waals surface area contributed by atoms with Crippen molar-refractivity contribution in [2.75, 3.05) is 0 Å². The predicted molar refractivity (Wildman–Crippen MR) is 155 cm³/mol. The highest BCUT2D eigenvalue weighted by atomic mass is 32.2. The van der Waals surface area contributed by atoms with Gasteiger partial charge < -0.3 is 9.88 Å². The van der Waals surface area contributed by atoms with E-state index >= 15 is 0 Å². The van der Waals surface area contributed by atoms with Crippen LogP contribution in [0.15, 0.2) is 29.2 Å². The van der Waals surface area contributed by atoms with E-state index in [4.69, 9.17) is 0 Å². The first kappa shape index (κ1) is 28.9. The van der Waals surface area contributed by atoms with Gasteiger partial charge in [-0.15, -0.1) is 0 Å². The van der Waals surface area contributed by atoms with Crippen molar-refractivity contribution in [3.63, 3.8) is 0 Å². The number of benzene rings is 1. The van der Waals surface area contributed by atoms with E-state index in [2.05, 4.69) is 21.5 Å². The summed E-state index contributed by atoms with van der Waals surface area (Å²) >= 11 is 0. The van der Waals surface area contributed by atoms with Crippen LogP contribution in [-0.4, -0.2) is 30.5 Å². The highest BCUT2D eigenvalue weighted by Crippen LogP contribution is 2.36. The second kappa shape index (κ2) is 10.8. The monoisotopic (exact) mass is 541 g/mol. The number of nitrogens with zero attached hydrogens (tertiary/aromatic N) is 1. The van der Waals surface area contributed by atoms with Gasteiger partial charge in [0.1, 0.15) is 0 Å². The van der Waals surface area contributed by atoms with Gasteiger partial charge in [-0.25, -0.2) is 13.1 Å². The van der Waals surface area contributed by atoms with Crippen LogP contribution in [0.25, 0.3) is 11.3 Å². The van der Waals surface area contributed by atoms with E-state index in [0.717, 1.165) is 47.5 Å². The van der Waals surface area contributed by atoms with Crippen molar-refractivity contribution in [2.45, 2.75) is 128 Å². The van der Waals surface area contributed by atoms with Gasteiger partial charge in [-0.3, -0.25) is 4.79 Å². The van der Waals surface area contributed by atoms with Crippen LogP contribution in [0.5, 0.6) is 0 Å². The normalized spacial score (nSPS) is 17.9. The van der Waals surface area contributed by atoms with Crippen LogP contribution in [0, 0.1) is 12.8 Å². The second-order valence-electron chi connectivity index (χ2n) is 13.6. The van der Waals surface area contributed by atoms with Crippen molar-refractivity contribution in [1.29, 1.82) is 0 Å². The van der Waals surface area contributed by atoms with Crippen LogP contribution < -0.4 is 10.0 Å². The zero-order valence-electron chi connectivity index (χ0n) is 24.4. The molecular weight excluding hydrogens is 494 g/mol. The molecular formula is C31H47N3O3S. The maximum atomic E-state index is 13.4. The fraction of sp³-hybridized carbons (Fsp3) is 0.645. The van der Waals surface area contributed by atoms with Crippen molar-refractivity contribution in [2.24, 2.45) is 5.92 Å². The second-order valence-corrected chi connectivity index (χ2v) is 15.2. The minimum absolute atomic E-state index is 0.000430. The van der Waals surface area contributed by atoms with E-state index in [0.29, 0.717) is 10.8 Å². The van der Waals surface area contributed by atoms with Crippen molar-refractivity contribution in [3.8, 4) is 11.3 Å². The molecule has 1 heterocycles. The summed E-state index contributed by atoms with van der Waals surface area (Å²) in [7, 11) is -3.71. The van der Waals surface area contributed by atoms with Crippen LogP contribution in [0.3, 0.4) is 0 Å². The SMILES string of the molecule is Cc1c(C(=O)NC2CCC2)cc(-c2ccc(S(=O)(=O)NC(C)(C)C)c(C(C)(C)C)c2)n1CC1CCCCC1. The Kier molecular flexibility index (Phi) is 8.21. The first-order valence-corrected chi connectivity index (χ1v) is 15.8. The molecule has 0 bridgehead atoms. The molecule has 0 aliphatic heterocycles. The zero-order chi connectivity index (χ0) is 27.9. The number of hydrogen-bond acceptors (Lipinski definition) is 3. The lowest BCUT2D eigenvalue weighted by Crippen LogP contribution is -2.41. The predicted octanol–water partition coefficient (Wildman–Crippen LogP) is 6.70. The van der Waals surface area contributed by atoms with E-state index in [1.807, 2.05) is 59.7 Å². The molecule has 1 aromatic heterocycles. The molecule has 2 aliphatic rings. The van der Waals surface area contributed by atoms with Crippen molar-refractivity contribution in [1.82, 2.24) is 14.6 Å². The third-order valence-corrected chi connectivity index (χ3v) is 9.85. The number of aromatic nitrogens is 1. The summed E-state index contributed by atoms with van der Waals surface area (Å²) < 4.78 is 32.0. The lowest BCUT2D eigenvalue weighted by atomic mass is 9.85. The number of sulfonamides is 1. The summed E-state index contributed by atoms with van der Waals surface area (Å²) in [5.74, 6) is 0.592. The van der Waals surface area contributed by atoms with Crippen molar-refractivity contribution >= 4 is 15.9 Å². The lowest BCUT2D eigenvalue weighted by molar-refractivity contribution is 0.0916. The maximum Gasteiger partial charge on any atom is 0.253 e. The molecule has 2 aliphatic carbocycles. The third-order valence-electron chi connectivity index (χ3n) is 8.03. The van der Waals surface area contributed by atoms with E-state index in [1.165, 1.54) is 38.5 Å². The summed E-state index contributed by atoms with van der Waals surface area (Å²) in [6.45, 7) is 14.6. The number of carbonyl (C=O) groups excluding carboxylic acids is 1. The van der Waals surface area contributed by atoms with Gasteiger partial charge in [0.25, 0.3) is 5.91 Å². The fourth-order valence-electron chi connectivity index (χ4n) is 5.76. The molecule has 0 spiro atoms. The van der Waals surface area contributed by atoms with Crippen LogP contribution in [0.2, 0.25) is 0 Å². The Morgan fingerprint density at radius 3 is 2.16 bits per heavy atom. The molecule has 0 saturated heterocycles. The number of carbonyl (C=O) groups is 1. The summed E-state index contributed by atoms with van der Waals surface area (Å²) in [6, 6.07) is 7.98. The van der Waals surface area contributed by atoms with Gasteiger partial charge in [-0.1, -0.05) is 46.1 Å². The van der Waals surface area contributed by atoms with E-state index < -0.39 is 21.0 Å². The van der Waals surface area contributed by atoms with E-state index in [1.54, 1.807) is 6.07 Å². The highest BCUT2D eigenvalue weighted by Gasteiger charge is 2.31. The molecule has 0 unspecified atom stereocenters. The molecule has 1 amide bonds. The maximum absolute atomic E-state index is 13.4. The molecule has 0 atom stereocenters. The Labute approximate surface area is 230 Å². The Morgan fingerprint density at radius 2 is 1.61 bits per heavy atom. The first-order valence-electron chi connectivity index (χ1n) is 14.4. The molecule has 210 valence electrons. The fourth-order valence-corrected chi connectivity index (χ4v) is 7.58. The minimum Gasteiger partial charge on any atom is -0.349 e. The standard InChI is InChI=1S/C31H47N3O3S/c1-21-25(29(35)32-24-14-11-15-24)19-27(34(21)20-22-12-9-8-10-13-22)23-16-17-28(26(18-23)30(2,3)4)38(36,37)33-31(5,6)7/h16-19,22,24,33H,8-15,20H2,1-7H3,(H,32,35). The Morgan fingerprint density at radius 1 is 0.947 bits per heavy atom. The third kappa shape index (κ3) is 6.53. The Hall–Kier alpha value is -2.12. The van der Waals surface area contributed by atoms with Gasteiger partial charge in [-0.05, 0) is 100 Å². The summed E-state index contributed by atoms with van der Waals surface area (Å²) in [6.07, 6.45) is 9.52. The quantitative estimate of drug-likeness (QED) is 0.409. The van der Waals surface area contributed by atoms with Crippen molar-refractivity contribution < 1.29 is 13.2 Å². The molecule has 2 fully saturated rings. The molecule has 2 N–H and O–H groups in total. The van der Waals surface area contributed by atoms with E-state index in [9.17, 15) is 13.2 Å². The van der Waals surface area contributed by atoms with Gasteiger partial charge in [0.15, 0.2) is 0 Å². The topological polar surface area (TPSA) is 80.2 Å². The number of rotatable bonds is 7. The average molecular weight is 542 g/mol. The lowest BCUT2D eigenvalue weighted by Gasteiger charge is -2.27. The number of amides is 1. The molecule has 0 radical (unpaired) electrons. The number of nitrogens with one attached hydrogen (secondary N) is 2. The first-order chi connectivity index (χ1) is 17.7. The minimum atomic E-state index is -3.71. The van der Waals surface area contributed by atoms with Crippen LogP contribution >= 0.6 is 0 Å². The van der Waals surface area contributed by atoms with E-state index in [-0.39, 0.29) is 11.9 Å². The van der Waals surface area contributed by atoms with Crippen LogP contribution in [0.1, 0.15) is 115 Å². The van der Waals surface area contributed by atoms with Crippen molar-refractivity contribution in [3.05, 3.63) is 41.1 Å². The Bertz CT molecular complexity index is 1270. The summed E-state index contributed by atoms with van der Waals surface area (Å²) in [5.41, 5.74) is 3.46. The smallest absolute Gasteiger partial charge is 0.253 e. The average Bonchev–Trinajstić information content (AvgIpc) is 3.10. The molecule has 6 nitrogen and oxygen atoms in total. The number of hydrogen-bond donors (Lipinski definition) is 2. The summed E-state index contributed by atoms with van der Waals surface area (Å²) in [5, 5.41) is 3.22. The van der Waals surface area contributed by atoms with Gasteiger partial charge in [-0.2, -0.15) is 0 Å². The highest BCUT2D eigenvalue weighted by molar-refractivity contribution is 7.89. The molecule has 4 rings (SSSR count). The van der Waals surface area contributed by atoms with Crippen LogP contribution in [-0.2, 0) is 22.0 Å². The zero-order valence-corrected chi connectivity index (χ0v) is 25.2. The van der Waals surface area contributed by atoms with Gasteiger partial charge >= 0.3 is 0 Å². The van der Waals surface area contributed by atoms with Crippen LogP contribution in [0.4, 0.5) is 0 Å². The largest absolute Gasteiger partial charge is 0.349 e. The molecule has 2 aromatic rings.